The van der Waals surface area contributed by atoms with Crippen LogP contribution in [0, 0.1) is 5.82 Å². The van der Waals surface area contributed by atoms with Crippen molar-refractivity contribution in [3.05, 3.63) is 63.9 Å². The lowest BCUT2D eigenvalue weighted by molar-refractivity contribution is 0.600. The molecule has 3 nitrogen and oxygen atoms in total. The van der Waals surface area contributed by atoms with E-state index in [1.807, 2.05) is 0 Å². The molecule has 2 rings (SSSR count). The largest absolute Gasteiger partial charge is 0.283 e. The Labute approximate surface area is 126 Å². The van der Waals surface area contributed by atoms with E-state index in [0.717, 1.165) is 0 Å². The molecule has 0 amide bonds. The van der Waals surface area contributed by atoms with Crippen LogP contribution in [-0.4, -0.2) is 8.42 Å². The third-order valence-corrected chi connectivity index (χ3v) is 4.46. The first-order valence-electron chi connectivity index (χ1n) is 5.56. The quantitative estimate of drug-likeness (QED) is 0.916. The van der Waals surface area contributed by atoms with Crippen molar-refractivity contribution in [3.63, 3.8) is 0 Å². The Kier molecular flexibility index (Phi) is 4.52. The number of hydrogen-bond acceptors (Lipinski definition) is 2. The van der Waals surface area contributed by atoms with Gasteiger partial charge in [-0.25, -0.2) is 12.8 Å². The molecule has 0 saturated heterocycles. The minimum atomic E-state index is -3.60. The van der Waals surface area contributed by atoms with Crippen molar-refractivity contribution in [2.24, 2.45) is 0 Å². The highest BCUT2D eigenvalue weighted by molar-refractivity contribution is 7.91. The summed E-state index contributed by atoms with van der Waals surface area (Å²) >= 11 is 11.6. The summed E-state index contributed by atoms with van der Waals surface area (Å²) in [5.41, 5.74) is 0.806. The van der Waals surface area contributed by atoms with Crippen molar-refractivity contribution in [2.45, 2.75) is 5.75 Å². The molecule has 0 radical (unpaired) electrons. The second-order valence-corrected chi connectivity index (χ2v) is 6.65. The van der Waals surface area contributed by atoms with E-state index in [2.05, 4.69) is 4.72 Å². The predicted octanol–water partition coefficient (Wildman–Crippen LogP) is 4.07. The van der Waals surface area contributed by atoms with Gasteiger partial charge in [-0.3, -0.25) is 4.72 Å². The smallest absolute Gasteiger partial charge is 0.236 e. The third-order valence-electron chi connectivity index (χ3n) is 2.46. The first kappa shape index (κ1) is 15.1. The maximum atomic E-state index is 12.7. The van der Waals surface area contributed by atoms with E-state index in [1.165, 1.54) is 36.4 Å². The summed E-state index contributed by atoms with van der Waals surface area (Å²) in [6.45, 7) is 0. The zero-order valence-corrected chi connectivity index (χ0v) is 12.4. The predicted molar refractivity (Wildman–Crippen MR) is 79.1 cm³/mol. The Morgan fingerprint density at radius 2 is 1.65 bits per heavy atom. The van der Waals surface area contributed by atoms with Gasteiger partial charge in [0.2, 0.25) is 10.0 Å². The highest BCUT2D eigenvalue weighted by Crippen LogP contribution is 2.24. The van der Waals surface area contributed by atoms with Gasteiger partial charge in [-0.2, -0.15) is 0 Å². The molecule has 0 aliphatic carbocycles. The van der Waals surface area contributed by atoms with Crippen molar-refractivity contribution < 1.29 is 12.8 Å². The van der Waals surface area contributed by atoms with Gasteiger partial charge < -0.3 is 0 Å². The van der Waals surface area contributed by atoms with Gasteiger partial charge in [0, 0.05) is 5.69 Å². The van der Waals surface area contributed by atoms with E-state index in [-0.39, 0.29) is 5.75 Å². The molecule has 0 spiro atoms. The number of benzene rings is 2. The number of sulfonamides is 1. The van der Waals surface area contributed by atoms with Crippen molar-refractivity contribution >= 4 is 38.9 Å². The molecule has 0 aromatic heterocycles. The van der Waals surface area contributed by atoms with Crippen LogP contribution in [0.3, 0.4) is 0 Å². The molecule has 0 atom stereocenters. The Bertz CT molecular complexity index is 718. The topological polar surface area (TPSA) is 46.2 Å². The SMILES string of the molecule is O=S(=O)(Cc1ccc(Cl)c(Cl)c1)Nc1ccc(F)cc1. The van der Waals surface area contributed by atoms with Gasteiger partial charge in [-0.15, -0.1) is 0 Å². The van der Waals surface area contributed by atoms with E-state index in [4.69, 9.17) is 23.2 Å². The van der Waals surface area contributed by atoms with Crippen LogP contribution in [0.15, 0.2) is 42.5 Å². The molecule has 0 aliphatic rings. The van der Waals surface area contributed by atoms with Crippen LogP contribution in [0.4, 0.5) is 10.1 Å². The first-order valence-corrected chi connectivity index (χ1v) is 7.96. The lowest BCUT2D eigenvalue weighted by atomic mass is 10.2. The van der Waals surface area contributed by atoms with E-state index < -0.39 is 15.8 Å². The third kappa shape index (κ3) is 4.10. The average Bonchev–Trinajstić information content (AvgIpc) is 2.36. The molecular formula is C13H10Cl2FNO2S. The summed E-state index contributed by atoms with van der Waals surface area (Å²) in [5.74, 6) is -0.682. The van der Waals surface area contributed by atoms with Crippen LogP contribution in [0.1, 0.15) is 5.56 Å². The fourth-order valence-electron chi connectivity index (χ4n) is 1.58. The standard InChI is InChI=1S/C13H10Cl2FNO2S/c14-12-6-1-9(7-13(12)15)8-20(18,19)17-11-4-2-10(16)3-5-11/h1-7,17H,8H2. The molecular weight excluding hydrogens is 324 g/mol. The lowest BCUT2D eigenvalue weighted by Gasteiger charge is -2.08. The van der Waals surface area contributed by atoms with Gasteiger partial charge in [-0.1, -0.05) is 29.3 Å². The Balaban J connectivity index is 2.14. The normalized spacial score (nSPS) is 11.3. The maximum absolute atomic E-state index is 12.7. The summed E-state index contributed by atoms with van der Waals surface area (Å²) in [7, 11) is -3.60. The van der Waals surface area contributed by atoms with Crippen molar-refractivity contribution in [1.82, 2.24) is 0 Å². The molecule has 106 valence electrons. The molecule has 7 heteroatoms. The van der Waals surface area contributed by atoms with Gasteiger partial charge >= 0.3 is 0 Å². The van der Waals surface area contributed by atoms with Gasteiger partial charge in [0.1, 0.15) is 5.82 Å². The summed E-state index contributed by atoms with van der Waals surface area (Å²) in [5, 5.41) is 0.653. The van der Waals surface area contributed by atoms with Crippen LogP contribution >= 0.6 is 23.2 Å². The number of hydrogen-bond donors (Lipinski definition) is 1. The number of halogens is 3. The Hall–Kier alpha value is -1.30. The highest BCUT2D eigenvalue weighted by Gasteiger charge is 2.12. The highest BCUT2D eigenvalue weighted by atomic mass is 35.5. The van der Waals surface area contributed by atoms with Gasteiger partial charge in [-0.05, 0) is 42.0 Å². The summed E-state index contributed by atoms with van der Waals surface area (Å²) in [6, 6.07) is 9.66. The van der Waals surface area contributed by atoms with Crippen LogP contribution in [0.25, 0.3) is 0 Å². The molecule has 0 bridgehead atoms. The zero-order chi connectivity index (χ0) is 14.8. The molecule has 0 unspecified atom stereocenters. The van der Waals surface area contributed by atoms with Gasteiger partial charge in [0.15, 0.2) is 0 Å². The average molecular weight is 334 g/mol. The van der Waals surface area contributed by atoms with Crippen LogP contribution in [-0.2, 0) is 15.8 Å². The van der Waals surface area contributed by atoms with E-state index >= 15 is 0 Å². The minimum Gasteiger partial charge on any atom is -0.283 e. The van der Waals surface area contributed by atoms with Crippen LogP contribution in [0.5, 0.6) is 0 Å². The van der Waals surface area contributed by atoms with Crippen molar-refractivity contribution in [1.29, 1.82) is 0 Å². The molecule has 2 aromatic rings. The Morgan fingerprint density at radius 1 is 1.00 bits per heavy atom. The summed E-state index contributed by atoms with van der Waals surface area (Å²) in [4.78, 5) is 0. The molecule has 2 aromatic carbocycles. The monoisotopic (exact) mass is 333 g/mol. The van der Waals surface area contributed by atoms with Crippen molar-refractivity contribution in [3.8, 4) is 0 Å². The van der Waals surface area contributed by atoms with Crippen molar-refractivity contribution in [2.75, 3.05) is 4.72 Å². The fourth-order valence-corrected chi connectivity index (χ4v) is 3.09. The summed E-state index contributed by atoms with van der Waals surface area (Å²) < 4.78 is 39.0. The maximum Gasteiger partial charge on any atom is 0.236 e. The van der Waals surface area contributed by atoms with Crippen LogP contribution < -0.4 is 4.72 Å². The minimum absolute atomic E-state index is 0.249. The van der Waals surface area contributed by atoms with E-state index in [9.17, 15) is 12.8 Å². The fraction of sp³-hybridized carbons (Fsp3) is 0.0769. The number of nitrogens with one attached hydrogen (secondary N) is 1. The molecule has 0 saturated carbocycles. The number of rotatable bonds is 4. The molecule has 0 aliphatic heterocycles. The number of anilines is 1. The molecule has 0 heterocycles. The molecule has 20 heavy (non-hydrogen) atoms. The Morgan fingerprint density at radius 3 is 2.25 bits per heavy atom. The first-order chi connectivity index (χ1) is 9.35. The van der Waals surface area contributed by atoms with Gasteiger partial charge in [0.05, 0.1) is 15.8 Å². The molecule has 1 N–H and O–H groups in total. The van der Waals surface area contributed by atoms with E-state index in [1.54, 1.807) is 6.07 Å². The van der Waals surface area contributed by atoms with Gasteiger partial charge in [0.25, 0.3) is 0 Å². The second-order valence-electron chi connectivity index (χ2n) is 4.12. The second kappa shape index (κ2) is 5.99. The van der Waals surface area contributed by atoms with E-state index in [0.29, 0.717) is 21.3 Å². The van der Waals surface area contributed by atoms with Crippen LogP contribution in [0.2, 0.25) is 10.0 Å². The molecule has 0 fully saturated rings. The lowest BCUT2D eigenvalue weighted by Crippen LogP contribution is -2.15. The zero-order valence-electron chi connectivity index (χ0n) is 10.1. The summed E-state index contributed by atoms with van der Waals surface area (Å²) in [6.07, 6.45) is 0.